The Bertz CT molecular complexity index is 2330. The molecule has 1 aliphatic heterocycles. The first-order valence-corrected chi connectivity index (χ1v) is 22.1. The zero-order chi connectivity index (χ0) is 47.6. The number of imidazole rings is 1. The Morgan fingerprint density at radius 2 is 1.56 bits per heavy atom. The van der Waals surface area contributed by atoms with E-state index in [9.17, 15) is 43.2 Å². The molecule has 0 spiro atoms. The molecule has 1 fully saturated rings. The highest BCUT2D eigenvalue weighted by Crippen LogP contribution is 2.20. The van der Waals surface area contributed by atoms with Crippen molar-refractivity contribution in [3.63, 3.8) is 0 Å². The predicted molar refractivity (Wildman–Crippen MR) is 241 cm³/mol. The zero-order valence-corrected chi connectivity index (χ0v) is 37.1. The second-order valence-electron chi connectivity index (χ2n) is 16.4. The van der Waals surface area contributed by atoms with Crippen LogP contribution in [0.25, 0.3) is 10.9 Å². The molecule has 8 amide bonds. The summed E-state index contributed by atoms with van der Waals surface area (Å²) < 4.78 is 0. The summed E-state index contributed by atoms with van der Waals surface area (Å²) in [6, 6.07) is 10.0. The van der Waals surface area contributed by atoms with Crippen molar-refractivity contribution >= 4 is 63.9 Å². The number of hydrogen-bond acceptors (Lipinski definition) is 10. The Morgan fingerprint density at radius 1 is 0.833 bits per heavy atom. The third kappa shape index (κ3) is 15.1. The van der Waals surface area contributed by atoms with E-state index >= 15 is 0 Å². The van der Waals surface area contributed by atoms with Crippen molar-refractivity contribution in [1.29, 1.82) is 0 Å². The van der Waals surface area contributed by atoms with E-state index in [4.69, 9.17) is 5.73 Å². The number of amides is 8. The smallest absolute Gasteiger partial charge is 0.243 e. The minimum Gasteiger partial charge on any atom is -0.368 e. The number of fused-ring (bicyclic) bond motifs is 1. The summed E-state index contributed by atoms with van der Waals surface area (Å²) in [7, 11) is 0. The molecule has 0 aliphatic carbocycles. The van der Waals surface area contributed by atoms with E-state index in [-0.39, 0.29) is 51.5 Å². The van der Waals surface area contributed by atoms with Crippen molar-refractivity contribution in [2.45, 2.75) is 108 Å². The van der Waals surface area contributed by atoms with Gasteiger partial charge in [0.15, 0.2) is 5.78 Å². The lowest BCUT2D eigenvalue weighted by atomic mass is 9.96. The number of nitrogens with zero attached hydrogens (tertiary/aromatic N) is 1. The van der Waals surface area contributed by atoms with Gasteiger partial charge in [-0.05, 0) is 36.5 Å². The Hall–Kier alpha value is -7.38. The van der Waals surface area contributed by atoms with Crippen LogP contribution >= 0.6 is 0 Å². The molecule has 3 heterocycles. The van der Waals surface area contributed by atoms with Crippen molar-refractivity contribution in [3.8, 4) is 0 Å². The molecular weight excluding hydrogens is 851 g/mol. The molecular formula is C46H59N11O9. The van der Waals surface area contributed by atoms with Gasteiger partial charge in [0.25, 0.3) is 0 Å². The van der Waals surface area contributed by atoms with Crippen LogP contribution in [0.1, 0.15) is 75.6 Å². The maximum atomic E-state index is 14.2. The van der Waals surface area contributed by atoms with Crippen LogP contribution in [-0.4, -0.2) is 111 Å². The van der Waals surface area contributed by atoms with Crippen LogP contribution in [0.4, 0.5) is 0 Å². The number of carbonyl (C=O) groups is 9. The van der Waals surface area contributed by atoms with Crippen LogP contribution in [0.2, 0.25) is 0 Å². The first kappa shape index (κ1) is 49.6. The number of nitrogens with two attached hydrogens (primary N) is 1. The summed E-state index contributed by atoms with van der Waals surface area (Å²) in [6.07, 6.45) is 5.00. The molecule has 4 aromatic rings. The van der Waals surface area contributed by atoms with Gasteiger partial charge in [-0.3, -0.25) is 43.2 Å². The van der Waals surface area contributed by atoms with Gasteiger partial charge in [0.1, 0.15) is 30.2 Å². The molecule has 0 radical (unpaired) electrons. The second-order valence-corrected chi connectivity index (χ2v) is 16.4. The number of H-pyrrole nitrogens is 2. The summed E-state index contributed by atoms with van der Waals surface area (Å²) in [5.41, 5.74) is 8.42. The number of Topliss-reactive ketones (excluding diaryl/α,β-unsaturated/α-hetero) is 1. The van der Waals surface area contributed by atoms with Crippen molar-refractivity contribution in [1.82, 2.24) is 52.2 Å². The third-order valence-corrected chi connectivity index (χ3v) is 11.2. The van der Waals surface area contributed by atoms with E-state index in [2.05, 4.69) is 52.2 Å². The summed E-state index contributed by atoms with van der Waals surface area (Å²) in [5.74, 6) is -7.19. The molecule has 0 saturated carbocycles. The van der Waals surface area contributed by atoms with Gasteiger partial charge in [0.05, 0.1) is 12.9 Å². The average Bonchev–Trinajstić information content (AvgIpc) is 3.97. The van der Waals surface area contributed by atoms with Crippen molar-refractivity contribution in [2.75, 3.05) is 13.1 Å². The lowest BCUT2D eigenvalue weighted by Crippen LogP contribution is -2.59. The Labute approximate surface area is 381 Å². The molecule has 11 N–H and O–H groups in total. The topological polar surface area (TPSA) is 308 Å². The Kier molecular flexibility index (Phi) is 18.5. The Morgan fingerprint density at radius 3 is 2.27 bits per heavy atom. The number of benzene rings is 2. The average molecular weight is 910 g/mol. The van der Waals surface area contributed by atoms with Gasteiger partial charge < -0.3 is 52.9 Å². The van der Waals surface area contributed by atoms with E-state index in [0.717, 1.165) is 16.5 Å². The fourth-order valence-corrected chi connectivity index (χ4v) is 7.66. The van der Waals surface area contributed by atoms with Crippen LogP contribution in [0.3, 0.4) is 0 Å². The number of primary amides is 1. The molecule has 1 aliphatic rings. The quantitative estimate of drug-likeness (QED) is 0.0763. The number of aromatic nitrogens is 3. The SMILES string of the molecule is CCCC[C@H](NC(C)=O)C(=O)N[C@H]1CCC(=O)NCC[C@@H](C(=O)N[C@@H](Cc2c[nH]c3ccccc23)C(N)=O)CC(=O)CNC(=O)[C@@H](Cc2ccccc2)NC(=O)[C@H](Cc2cnc[nH]2)NC1=O. The van der Waals surface area contributed by atoms with Crippen LogP contribution in [0.5, 0.6) is 0 Å². The largest absolute Gasteiger partial charge is 0.368 e. The standard InChI is InChI=1S/C46H59N11O9/c1-3-4-13-35(53-27(2)58)44(64)54-36-15-16-40(60)49-18-17-29(42(62)55-37(41(47)61)21-30-23-50-34-14-9-8-12-33(30)34)20-32(59)25-51-43(63)38(19-28-10-6-5-7-11-28)56-46(66)39(57-45(36)65)22-31-24-48-26-52-31/h5-12,14,23-24,26,29,35-39,50H,3-4,13,15-22,25H2,1-2H3,(H2,47,61)(H,48,52)(H,49,60)(H,51,63)(H,53,58)(H,54,64)(H,55,62)(H,56,66)(H,57,65)/t29-,35+,36+,37+,38-,39+/m1/s1. The van der Waals surface area contributed by atoms with Crippen LogP contribution in [-0.2, 0) is 62.4 Å². The molecule has 0 bridgehead atoms. The molecule has 20 heteroatoms. The van der Waals surface area contributed by atoms with Crippen molar-refractivity contribution < 1.29 is 43.2 Å². The number of para-hydroxylation sites is 1. The van der Waals surface area contributed by atoms with E-state index in [1.807, 2.05) is 31.2 Å². The fraction of sp³-hybridized carbons (Fsp3) is 0.435. The molecule has 1 saturated heterocycles. The third-order valence-electron chi connectivity index (χ3n) is 11.2. The van der Waals surface area contributed by atoms with Gasteiger partial charge in [0, 0.05) is 80.5 Å². The normalized spacial score (nSPS) is 20.2. The van der Waals surface area contributed by atoms with Gasteiger partial charge in [-0.25, -0.2) is 4.98 Å². The summed E-state index contributed by atoms with van der Waals surface area (Å²) in [4.78, 5) is 132. The number of ketones is 1. The van der Waals surface area contributed by atoms with E-state index in [0.29, 0.717) is 24.1 Å². The number of nitrogens with one attached hydrogen (secondary N) is 9. The van der Waals surface area contributed by atoms with E-state index in [1.165, 1.54) is 19.4 Å². The summed E-state index contributed by atoms with van der Waals surface area (Å²) in [5, 5.41) is 19.5. The number of aromatic amines is 2. The highest BCUT2D eigenvalue weighted by atomic mass is 16.2. The molecule has 0 unspecified atom stereocenters. The van der Waals surface area contributed by atoms with Gasteiger partial charge in [0.2, 0.25) is 47.3 Å². The number of unbranched alkanes of at least 4 members (excludes halogenated alkanes) is 1. The molecule has 5 rings (SSSR count). The number of hydrogen-bond donors (Lipinski definition) is 10. The minimum absolute atomic E-state index is 0.0119. The van der Waals surface area contributed by atoms with Crippen molar-refractivity contribution in [2.24, 2.45) is 11.7 Å². The van der Waals surface area contributed by atoms with Crippen LogP contribution in [0.15, 0.2) is 73.3 Å². The molecule has 6 atom stereocenters. The minimum atomic E-state index is -1.39. The first-order valence-electron chi connectivity index (χ1n) is 22.1. The molecule has 352 valence electrons. The van der Waals surface area contributed by atoms with E-state index < -0.39 is 102 Å². The maximum Gasteiger partial charge on any atom is 0.243 e. The van der Waals surface area contributed by atoms with Gasteiger partial charge >= 0.3 is 0 Å². The van der Waals surface area contributed by atoms with Gasteiger partial charge in [-0.2, -0.15) is 0 Å². The Balaban J connectivity index is 1.43. The maximum absolute atomic E-state index is 14.2. The fourth-order valence-electron chi connectivity index (χ4n) is 7.66. The first-order chi connectivity index (χ1) is 31.7. The highest BCUT2D eigenvalue weighted by Gasteiger charge is 2.33. The highest BCUT2D eigenvalue weighted by molar-refractivity contribution is 5.97. The van der Waals surface area contributed by atoms with E-state index in [1.54, 1.807) is 36.5 Å². The molecule has 20 nitrogen and oxygen atoms in total. The van der Waals surface area contributed by atoms with Crippen LogP contribution in [0, 0.1) is 5.92 Å². The lowest BCUT2D eigenvalue weighted by molar-refractivity contribution is -0.135. The number of rotatable bonds is 15. The summed E-state index contributed by atoms with van der Waals surface area (Å²) >= 11 is 0. The van der Waals surface area contributed by atoms with Crippen molar-refractivity contribution in [3.05, 3.63) is 90.1 Å². The zero-order valence-electron chi connectivity index (χ0n) is 37.1. The second kappa shape index (κ2) is 24.6. The predicted octanol–water partition coefficient (Wildman–Crippen LogP) is 0.0300. The number of carbonyl (C=O) groups excluding carboxylic acids is 9. The van der Waals surface area contributed by atoms with Crippen LogP contribution < -0.4 is 43.0 Å². The monoisotopic (exact) mass is 909 g/mol. The molecule has 66 heavy (non-hydrogen) atoms. The molecule has 2 aromatic carbocycles. The lowest BCUT2D eigenvalue weighted by Gasteiger charge is -2.26. The van der Waals surface area contributed by atoms with Gasteiger partial charge in [-0.15, -0.1) is 0 Å². The molecule has 2 aromatic heterocycles. The summed E-state index contributed by atoms with van der Waals surface area (Å²) in [6.45, 7) is 2.53. The van der Waals surface area contributed by atoms with Gasteiger partial charge in [-0.1, -0.05) is 68.3 Å².